The molecule has 0 rings (SSSR count). The molecule has 1 nitrogen and oxygen atoms in total. The van der Waals surface area contributed by atoms with E-state index in [4.69, 9.17) is 0 Å². The maximum absolute atomic E-state index is 4.26. The average molecular weight is 291 g/mol. The molecule has 0 aliphatic heterocycles. The number of hydrogen-bond donors (Lipinski definition) is 0. The van der Waals surface area contributed by atoms with E-state index in [9.17, 15) is 0 Å². The van der Waals surface area contributed by atoms with Crippen LogP contribution in [0.2, 0.25) is 0 Å². The van der Waals surface area contributed by atoms with Gasteiger partial charge >= 0.3 is 0 Å². The predicted molar refractivity (Wildman–Crippen MR) is 12.8 cm³/mol. The standard InChI is InChI=1S/Ce.Cl2O.Cu/c;1-3-2;. The molecule has 0 aromatic rings. The molecule has 0 saturated carbocycles. The maximum atomic E-state index is 4.26. The zero-order chi connectivity index (χ0) is 2.71. The summed E-state index contributed by atoms with van der Waals surface area (Å²) in [6, 6.07) is 0. The van der Waals surface area contributed by atoms with Crippen molar-refractivity contribution in [3.63, 3.8) is 0 Å². The van der Waals surface area contributed by atoms with Crippen LogP contribution in [-0.2, 0) is 20.9 Å². The van der Waals surface area contributed by atoms with Crippen molar-refractivity contribution in [1.29, 1.82) is 0 Å². The third-order valence-electron chi connectivity index (χ3n) is 0. The molecule has 0 fully saturated rings. The Morgan fingerprint density at radius 1 is 1.20 bits per heavy atom. The van der Waals surface area contributed by atoms with Crippen LogP contribution < -0.4 is 0 Å². The first kappa shape index (κ1) is 15.7. The van der Waals surface area contributed by atoms with E-state index < -0.39 is 0 Å². The molecule has 0 amide bonds. The molecule has 5 heavy (non-hydrogen) atoms. The fourth-order valence-corrected chi connectivity index (χ4v) is 0. The molecule has 0 heterocycles. The molecule has 0 aromatic heterocycles. The predicted octanol–water partition coefficient (Wildman–Crippen LogP) is 1.31. The van der Waals surface area contributed by atoms with Crippen LogP contribution in [0.15, 0.2) is 0 Å². The first-order valence-electron chi connectivity index (χ1n) is 0.309. The second-order valence-corrected chi connectivity index (χ2v) is 0.525. The molecule has 1 radical (unpaired) electrons. The molecule has 0 spiro atoms. The average Bonchev–Trinajstić information content (AvgIpc) is 0.918. The Hall–Kier alpha value is 2.44. The molecule has 0 N–H and O–H groups in total. The van der Waals surface area contributed by atoms with Gasteiger partial charge in [0, 0.05) is 58.8 Å². The summed E-state index contributed by atoms with van der Waals surface area (Å²) >= 11 is 8.53. The smallest absolute Gasteiger partial charge is 0.0832 e. The van der Waals surface area contributed by atoms with Gasteiger partial charge < -0.3 is 0 Å². The Morgan fingerprint density at radius 3 is 1.20 bits per heavy atom. The van der Waals surface area contributed by atoms with E-state index in [1.807, 2.05) is 0 Å². The van der Waals surface area contributed by atoms with Gasteiger partial charge in [0.1, 0.15) is 0 Å². The Balaban J connectivity index is -0.0000000200. The zero-order valence-corrected chi connectivity index (χ0v) is 7.56. The summed E-state index contributed by atoms with van der Waals surface area (Å²) in [6.07, 6.45) is 0. The van der Waals surface area contributed by atoms with Crippen molar-refractivity contribution in [2.75, 3.05) is 0 Å². The molecular formula is CeCl2CuO. The molecule has 0 aliphatic rings. The van der Waals surface area contributed by atoms with Gasteiger partial charge in [-0.05, 0) is 0 Å². The van der Waals surface area contributed by atoms with Crippen LogP contribution in [0.1, 0.15) is 0 Å². The Labute approximate surface area is 84.9 Å². The van der Waals surface area contributed by atoms with Crippen molar-refractivity contribution in [2.24, 2.45) is 0 Å². The molecule has 0 aliphatic carbocycles. The molecule has 35 valence electrons. The second kappa shape index (κ2) is 16.1. The monoisotopic (exact) mass is 289 g/mol. The van der Waals surface area contributed by atoms with Crippen LogP contribution in [-0.4, -0.2) is 0 Å². The van der Waals surface area contributed by atoms with Crippen LogP contribution in [0.4, 0.5) is 0 Å². The van der Waals surface area contributed by atoms with Crippen LogP contribution in [0.25, 0.3) is 0 Å². The van der Waals surface area contributed by atoms with Gasteiger partial charge in [0.05, 0.1) is 23.7 Å². The molecule has 0 saturated heterocycles. The van der Waals surface area contributed by atoms with Crippen molar-refractivity contribution >= 4 is 23.7 Å². The molecule has 0 atom stereocenters. The van der Waals surface area contributed by atoms with Gasteiger partial charge in [-0.3, -0.25) is 0 Å². The summed E-state index contributed by atoms with van der Waals surface area (Å²) in [5.41, 5.74) is 0. The van der Waals surface area contributed by atoms with E-state index in [2.05, 4.69) is 27.6 Å². The largest absolute Gasteiger partial charge is 0.166 e. The van der Waals surface area contributed by atoms with Crippen molar-refractivity contribution in [1.82, 2.24) is 0 Å². The summed E-state index contributed by atoms with van der Waals surface area (Å²) in [7, 11) is 0. The minimum absolute atomic E-state index is 0. The van der Waals surface area contributed by atoms with Crippen molar-refractivity contribution in [3.05, 3.63) is 0 Å². The van der Waals surface area contributed by atoms with Crippen LogP contribution in [0.5, 0.6) is 0 Å². The van der Waals surface area contributed by atoms with Gasteiger partial charge in [0.25, 0.3) is 0 Å². The van der Waals surface area contributed by atoms with Gasteiger partial charge in [-0.2, -0.15) is 3.84 Å². The maximum Gasteiger partial charge on any atom is 0.0832 e. The Kier molecular flexibility index (Phi) is 50.4. The molecular weight excluding hydrogens is 291 g/mol. The molecule has 0 unspecified atom stereocenters. The minimum Gasteiger partial charge on any atom is -0.166 e. The normalized spacial score (nSPS) is 3.60. The van der Waals surface area contributed by atoms with E-state index in [0.29, 0.717) is 0 Å². The van der Waals surface area contributed by atoms with E-state index >= 15 is 0 Å². The topological polar surface area (TPSA) is 9.23 Å². The Morgan fingerprint density at radius 2 is 1.20 bits per heavy atom. The second-order valence-electron chi connectivity index (χ2n) is 0.0583. The van der Waals surface area contributed by atoms with Gasteiger partial charge in [-0.15, -0.1) is 0 Å². The molecule has 0 bridgehead atoms. The van der Waals surface area contributed by atoms with Crippen molar-refractivity contribution in [3.8, 4) is 0 Å². The van der Waals surface area contributed by atoms with Crippen molar-refractivity contribution < 1.29 is 62.7 Å². The van der Waals surface area contributed by atoms with Crippen molar-refractivity contribution in [2.45, 2.75) is 0 Å². The molecule has 0 aromatic carbocycles. The van der Waals surface area contributed by atoms with Gasteiger partial charge in [0.15, 0.2) is 0 Å². The third-order valence-corrected chi connectivity index (χ3v) is 0. The van der Waals surface area contributed by atoms with Crippen LogP contribution >= 0.6 is 23.7 Å². The fraction of sp³-hybridized carbons (Fsp3) is 0. The number of hydrogen-bond acceptors (Lipinski definition) is 1. The third kappa shape index (κ3) is 21.3. The number of rotatable bonds is 0. The first-order chi connectivity index (χ1) is 1.41. The van der Waals surface area contributed by atoms with Gasteiger partial charge in [-0.1, -0.05) is 0 Å². The summed E-state index contributed by atoms with van der Waals surface area (Å²) < 4.78 is 3.19. The first-order valence-corrected chi connectivity index (χ1v) is 0.926. The van der Waals surface area contributed by atoms with Crippen LogP contribution in [0, 0.1) is 41.7 Å². The van der Waals surface area contributed by atoms with E-state index in [1.54, 1.807) is 0 Å². The summed E-state index contributed by atoms with van der Waals surface area (Å²) in [4.78, 5) is 0. The SMILES string of the molecule is ClOCl.[Ce].[Cu]. The zero-order valence-electron chi connectivity index (χ0n) is 1.97. The summed E-state index contributed by atoms with van der Waals surface area (Å²) in [5.74, 6) is 0. The summed E-state index contributed by atoms with van der Waals surface area (Å²) in [6.45, 7) is 0. The van der Waals surface area contributed by atoms with Crippen LogP contribution in [0.3, 0.4) is 0 Å². The number of halogens is 2. The van der Waals surface area contributed by atoms with E-state index in [0.717, 1.165) is 0 Å². The van der Waals surface area contributed by atoms with E-state index in [1.165, 1.54) is 0 Å². The van der Waals surface area contributed by atoms with Gasteiger partial charge in [0.2, 0.25) is 0 Å². The molecule has 5 heteroatoms. The van der Waals surface area contributed by atoms with Gasteiger partial charge in [-0.25, -0.2) is 0 Å². The fourth-order valence-electron chi connectivity index (χ4n) is 0. The minimum atomic E-state index is 0. The summed E-state index contributed by atoms with van der Waals surface area (Å²) in [5, 5.41) is 0. The van der Waals surface area contributed by atoms with E-state index in [-0.39, 0.29) is 58.8 Å². The quantitative estimate of drug-likeness (QED) is 0.611. The Bertz CT molecular complexity index is 9.61.